The molecule has 0 saturated carbocycles. The minimum Gasteiger partial charge on any atom is -0.417 e. The van der Waals surface area contributed by atoms with Crippen LogP contribution in [-0.2, 0) is 4.43 Å². The molecule has 15 heavy (non-hydrogen) atoms. The van der Waals surface area contributed by atoms with Gasteiger partial charge in [-0.25, -0.2) is 0 Å². The molecule has 0 aromatic carbocycles. The summed E-state index contributed by atoms with van der Waals surface area (Å²) in [5.41, 5.74) is 1.38. The van der Waals surface area contributed by atoms with Gasteiger partial charge in [0, 0.05) is 14.7 Å². The second-order valence-electron chi connectivity index (χ2n) is 7.07. The fourth-order valence-corrected chi connectivity index (χ4v) is 13.6. The van der Waals surface area contributed by atoms with Crippen LogP contribution in [0.25, 0.3) is 0 Å². The van der Waals surface area contributed by atoms with Gasteiger partial charge >= 0.3 is 0 Å². The zero-order valence-electron chi connectivity index (χ0n) is 12.0. The first-order valence-corrected chi connectivity index (χ1v) is 12.5. The molecular weight excluding hydrogens is 216 g/mol. The molecule has 0 rings (SSSR count). The van der Waals surface area contributed by atoms with Crippen LogP contribution >= 0.6 is 0 Å². The third kappa shape index (κ3) is 5.32. The first kappa shape index (κ1) is 15.4. The quantitative estimate of drug-likeness (QED) is 0.641. The van der Waals surface area contributed by atoms with E-state index < -0.39 is 16.4 Å². The fourth-order valence-electron chi connectivity index (χ4n) is 1.87. The largest absolute Gasteiger partial charge is 0.417 e. The van der Waals surface area contributed by atoms with Crippen LogP contribution in [0, 0.1) is 0 Å². The van der Waals surface area contributed by atoms with E-state index in [1.54, 1.807) is 0 Å². The van der Waals surface area contributed by atoms with Crippen LogP contribution in [0.5, 0.6) is 0 Å². The summed E-state index contributed by atoms with van der Waals surface area (Å²) in [6.45, 7) is 20.0. The third-order valence-electron chi connectivity index (χ3n) is 3.08. The van der Waals surface area contributed by atoms with Gasteiger partial charge in [-0.3, -0.25) is 0 Å². The lowest BCUT2D eigenvalue weighted by Crippen LogP contribution is -2.49. The first-order valence-electron chi connectivity index (χ1n) is 6.16. The minimum absolute atomic E-state index is 0.364. The molecule has 0 spiro atoms. The van der Waals surface area contributed by atoms with Crippen molar-refractivity contribution in [2.45, 2.75) is 71.0 Å². The summed E-state index contributed by atoms with van der Waals surface area (Å²) in [6.07, 6.45) is 1.14. The van der Waals surface area contributed by atoms with Crippen LogP contribution in [0.1, 0.15) is 34.1 Å². The highest BCUT2D eigenvalue weighted by molar-refractivity contribution is 6.93. The van der Waals surface area contributed by atoms with Gasteiger partial charge in [-0.15, -0.1) is 0 Å². The Morgan fingerprint density at radius 1 is 1.00 bits per heavy atom. The molecule has 0 aromatic heterocycles. The third-order valence-corrected chi connectivity index (χ3v) is 14.0. The summed E-state index contributed by atoms with van der Waals surface area (Å²) in [6, 6.07) is 0. The number of rotatable bonds is 5. The zero-order chi connectivity index (χ0) is 12.3. The van der Waals surface area contributed by atoms with Crippen LogP contribution in [0.2, 0.25) is 36.9 Å². The van der Waals surface area contributed by atoms with Crippen LogP contribution < -0.4 is 0 Å². The zero-order valence-corrected chi connectivity index (χ0v) is 14.0. The van der Waals surface area contributed by atoms with Crippen molar-refractivity contribution in [2.75, 3.05) is 6.61 Å². The Morgan fingerprint density at radius 2 is 1.47 bits per heavy atom. The van der Waals surface area contributed by atoms with E-state index in [2.05, 4.69) is 53.9 Å². The van der Waals surface area contributed by atoms with Gasteiger partial charge in [0.05, 0.1) is 0 Å². The summed E-state index contributed by atoms with van der Waals surface area (Å²) in [4.78, 5) is 0. The molecule has 0 aromatic rings. The maximum atomic E-state index is 6.29. The summed E-state index contributed by atoms with van der Waals surface area (Å²) in [7, 11) is -2.56. The van der Waals surface area contributed by atoms with E-state index in [1.807, 2.05) is 0 Å². The lowest BCUT2D eigenvalue weighted by molar-refractivity contribution is 0.286. The van der Waals surface area contributed by atoms with E-state index in [-0.39, 0.29) is 0 Å². The van der Waals surface area contributed by atoms with Gasteiger partial charge in [-0.2, -0.15) is 0 Å². The van der Waals surface area contributed by atoms with E-state index in [1.165, 1.54) is 5.67 Å². The van der Waals surface area contributed by atoms with Crippen molar-refractivity contribution in [3.05, 3.63) is 0 Å². The second kappa shape index (κ2) is 5.15. The molecule has 0 saturated heterocycles. The van der Waals surface area contributed by atoms with Gasteiger partial charge in [0.1, 0.15) is 0 Å². The van der Waals surface area contributed by atoms with E-state index in [0.717, 1.165) is 13.0 Å². The molecule has 1 unspecified atom stereocenters. The van der Waals surface area contributed by atoms with E-state index >= 15 is 0 Å². The standard InChI is InChI=1S/C12H30OSi2/c1-9-10-13-15(8,12(2,3)4)11-14(5,6)7/h9-11H2,1-8H3. The highest BCUT2D eigenvalue weighted by Crippen LogP contribution is 2.41. The molecule has 0 aliphatic heterocycles. The highest BCUT2D eigenvalue weighted by atomic mass is 28.4. The average molecular weight is 247 g/mol. The van der Waals surface area contributed by atoms with Crippen molar-refractivity contribution >= 4 is 16.4 Å². The average Bonchev–Trinajstić information content (AvgIpc) is 1.95. The van der Waals surface area contributed by atoms with Gasteiger partial charge in [-0.1, -0.05) is 47.3 Å². The van der Waals surface area contributed by atoms with Gasteiger partial charge in [0.25, 0.3) is 0 Å². The fraction of sp³-hybridized carbons (Fsp3) is 1.00. The van der Waals surface area contributed by atoms with Crippen LogP contribution in [0.3, 0.4) is 0 Å². The SMILES string of the molecule is CCCO[Si](C)(C[Si](C)(C)C)C(C)(C)C. The molecule has 0 radical (unpaired) electrons. The maximum absolute atomic E-state index is 6.29. The number of hydrogen-bond donors (Lipinski definition) is 0. The van der Waals surface area contributed by atoms with E-state index in [9.17, 15) is 0 Å². The summed E-state index contributed by atoms with van der Waals surface area (Å²) in [5.74, 6) is 0. The van der Waals surface area contributed by atoms with Crippen molar-refractivity contribution in [3.63, 3.8) is 0 Å². The molecule has 0 amide bonds. The van der Waals surface area contributed by atoms with E-state index in [0.29, 0.717) is 5.04 Å². The molecule has 0 bridgehead atoms. The Balaban J connectivity index is 4.71. The minimum atomic E-state index is -1.55. The normalized spacial score (nSPS) is 17.6. The molecule has 0 aliphatic carbocycles. The molecular formula is C12H30OSi2. The predicted molar refractivity (Wildman–Crippen MR) is 75.7 cm³/mol. The summed E-state index contributed by atoms with van der Waals surface area (Å²) in [5, 5.41) is 0.364. The van der Waals surface area contributed by atoms with Crippen LogP contribution in [-0.4, -0.2) is 23.0 Å². The molecule has 0 fully saturated rings. The van der Waals surface area contributed by atoms with Gasteiger partial charge in [-0.05, 0) is 23.7 Å². The smallest absolute Gasteiger partial charge is 0.192 e. The molecule has 0 N–H and O–H groups in total. The lowest BCUT2D eigenvalue weighted by atomic mass is 10.2. The van der Waals surface area contributed by atoms with Gasteiger partial charge in [0.15, 0.2) is 8.32 Å². The number of hydrogen-bond acceptors (Lipinski definition) is 1. The Bertz CT molecular complexity index is 191. The highest BCUT2D eigenvalue weighted by Gasteiger charge is 2.44. The first-order chi connectivity index (χ1) is 6.52. The maximum Gasteiger partial charge on any atom is 0.192 e. The molecule has 0 aliphatic rings. The molecule has 92 valence electrons. The second-order valence-corrected chi connectivity index (χ2v) is 17.9. The summed E-state index contributed by atoms with van der Waals surface area (Å²) >= 11 is 0. The molecule has 0 heterocycles. The van der Waals surface area contributed by atoms with Crippen molar-refractivity contribution in [3.8, 4) is 0 Å². The van der Waals surface area contributed by atoms with Crippen LogP contribution in [0.15, 0.2) is 0 Å². The Kier molecular flexibility index (Phi) is 5.28. The predicted octanol–water partition coefficient (Wildman–Crippen LogP) is 4.67. The Labute approximate surface area is 98.8 Å². The van der Waals surface area contributed by atoms with Gasteiger partial charge < -0.3 is 4.43 Å². The topological polar surface area (TPSA) is 9.23 Å². The van der Waals surface area contributed by atoms with Crippen LogP contribution in [0.4, 0.5) is 0 Å². The lowest BCUT2D eigenvalue weighted by Gasteiger charge is -2.42. The monoisotopic (exact) mass is 246 g/mol. The molecule has 3 heteroatoms. The Morgan fingerprint density at radius 3 is 1.73 bits per heavy atom. The Hall–Kier alpha value is 0.394. The van der Waals surface area contributed by atoms with Crippen molar-refractivity contribution in [1.29, 1.82) is 0 Å². The van der Waals surface area contributed by atoms with Crippen molar-refractivity contribution in [2.24, 2.45) is 0 Å². The molecule has 1 atom stereocenters. The molecule has 1 nitrogen and oxygen atoms in total. The van der Waals surface area contributed by atoms with Crippen molar-refractivity contribution < 1.29 is 4.43 Å². The van der Waals surface area contributed by atoms with Gasteiger partial charge in [0.2, 0.25) is 0 Å². The summed E-state index contributed by atoms with van der Waals surface area (Å²) < 4.78 is 6.29. The van der Waals surface area contributed by atoms with Crippen molar-refractivity contribution in [1.82, 2.24) is 0 Å². The van der Waals surface area contributed by atoms with E-state index in [4.69, 9.17) is 4.43 Å².